The van der Waals surface area contributed by atoms with Gasteiger partial charge in [0.25, 0.3) is 0 Å². The summed E-state index contributed by atoms with van der Waals surface area (Å²) in [5.41, 5.74) is 2.51. The molecule has 0 aliphatic rings. The van der Waals surface area contributed by atoms with Crippen LogP contribution in [0.5, 0.6) is 0 Å². The first kappa shape index (κ1) is 12.2. The van der Waals surface area contributed by atoms with Crippen molar-refractivity contribution in [1.82, 2.24) is 0 Å². The fraction of sp³-hybridized carbons (Fsp3) is 0.500. The number of rotatable bonds is 0. The van der Waals surface area contributed by atoms with Crippen LogP contribution < -0.4 is 0 Å². The van der Waals surface area contributed by atoms with E-state index in [1.54, 1.807) is 0 Å². The molecular formula is C16H22O. The monoisotopic (exact) mass is 230 g/mol. The summed E-state index contributed by atoms with van der Waals surface area (Å²) in [4.78, 5) is 0. The first-order valence-electron chi connectivity index (χ1n) is 6.23. The summed E-state index contributed by atoms with van der Waals surface area (Å²) >= 11 is 0. The second kappa shape index (κ2) is 3.63. The highest BCUT2D eigenvalue weighted by molar-refractivity contribution is 5.82. The first-order valence-corrected chi connectivity index (χ1v) is 6.23. The molecule has 17 heavy (non-hydrogen) atoms. The van der Waals surface area contributed by atoms with Gasteiger partial charge in [0, 0.05) is 16.4 Å². The number of furan rings is 1. The Balaban J connectivity index is 2.70. The quantitative estimate of drug-likeness (QED) is 0.618. The van der Waals surface area contributed by atoms with Crippen molar-refractivity contribution in [1.29, 1.82) is 0 Å². The van der Waals surface area contributed by atoms with Gasteiger partial charge >= 0.3 is 0 Å². The Morgan fingerprint density at radius 2 is 1.53 bits per heavy atom. The number of hydrogen-bond donors (Lipinski definition) is 0. The first-order chi connectivity index (χ1) is 7.69. The Hall–Kier alpha value is -1.24. The Morgan fingerprint density at radius 1 is 0.882 bits per heavy atom. The van der Waals surface area contributed by atoms with E-state index >= 15 is 0 Å². The van der Waals surface area contributed by atoms with Crippen LogP contribution in [0, 0.1) is 0 Å². The van der Waals surface area contributed by atoms with Gasteiger partial charge in [-0.05, 0) is 11.5 Å². The summed E-state index contributed by atoms with van der Waals surface area (Å²) in [7, 11) is 0. The van der Waals surface area contributed by atoms with E-state index in [2.05, 4.69) is 65.8 Å². The van der Waals surface area contributed by atoms with Gasteiger partial charge in [0.2, 0.25) is 0 Å². The molecule has 0 radical (unpaired) electrons. The van der Waals surface area contributed by atoms with Crippen molar-refractivity contribution in [2.24, 2.45) is 0 Å². The molecule has 0 saturated carbocycles. The van der Waals surface area contributed by atoms with Crippen molar-refractivity contribution in [2.75, 3.05) is 0 Å². The van der Waals surface area contributed by atoms with Crippen LogP contribution in [0.15, 0.2) is 28.7 Å². The molecule has 1 heterocycles. The minimum Gasteiger partial charge on any atom is -0.460 e. The van der Waals surface area contributed by atoms with Crippen LogP contribution in [0.4, 0.5) is 0 Å². The van der Waals surface area contributed by atoms with Crippen molar-refractivity contribution in [3.63, 3.8) is 0 Å². The molecule has 0 aliphatic carbocycles. The van der Waals surface area contributed by atoms with Gasteiger partial charge in [-0.3, -0.25) is 0 Å². The van der Waals surface area contributed by atoms with Crippen LogP contribution in [0.25, 0.3) is 11.0 Å². The molecule has 1 nitrogen and oxygen atoms in total. The van der Waals surface area contributed by atoms with Gasteiger partial charge in [-0.2, -0.15) is 0 Å². The Morgan fingerprint density at radius 3 is 2.06 bits per heavy atom. The summed E-state index contributed by atoms with van der Waals surface area (Å²) in [5, 5.41) is 1.21. The molecule has 92 valence electrons. The topological polar surface area (TPSA) is 13.1 Å². The Labute approximate surface area is 104 Å². The zero-order valence-corrected chi connectivity index (χ0v) is 11.7. The van der Waals surface area contributed by atoms with Gasteiger partial charge in [0.1, 0.15) is 11.3 Å². The third-order valence-corrected chi connectivity index (χ3v) is 3.09. The highest BCUT2D eigenvalue weighted by Gasteiger charge is 2.23. The number of para-hydroxylation sites is 1. The fourth-order valence-electron chi connectivity index (χ4n) is 2.02. The SMILES string of the molecule is CC(C)(C)c1cc2cccc(C(C)(C)C)c2o1. The van der Waals surface area contributed by atoms with E-state index in [0.717, 1.165) is 11.3 Å². The summed E-state index contributed by atoms with van der Waals surface area (Å²) in [5.74, 6) is 1.06. The van der Waals surface area contributed by atoms with Gasteiger partial charge < -0.3 is 4.42 Å². The van der Waals surface area contributed by atoms with Crippen molar-refractivity contribution in [3.8, 4) is 0 Å². The minimum atomic E-state index is 0.0637. The van der Waals surface area contributed by atoms with Crippen LogP contribution in [0.3, 0.4) is 0 Å². The van der Waals surface area contributed by atoms with Crippen molar-refractivity contribution in [3.05, 3.63) is 35.6 Å². The molecule has 0 saturated heterocycles. The molecule has 1 aromatic carbocycles. The van der Waals surface area contributed by atoms with Crippen LogP contribution in [-0.4, -0.2) is 0 Å². The largest absolute Gasteiger partial charge is 0.460 e. The summed E-state index contributed by atoms with van der Waals surface area (Å²) in [6.07, 6.45) is 0. The van der Waals surface area contributed by atoms with Gasteiger partial charge in [0.15, 0.2) is 0 Å². The maximum absolute atomic E-state index is 6.09. The second-order valence-corrected chi connectivity index (χ2v) is 6.83. The number of benzene rings is 1. The summed E-state index contributed by atoms with van der Waals surface area (Å²) in [6, 6.07) is 8.58. The molecule has 0 unspecified atom stereocenters. The number of fused-ring (bicyclic) bond motifs is 1. The molecule has 1 heteroatoms. The van der Waals surface area contributed by atoms with Gasteiger partial charge in [-0.15, -0.1) is 0 Å². The predicted molar refractivity (Wildman–Crippen MR) is 73.6 cm³/mol. The van der Waals surface area contributed by atoms with Crippen LogP contribution >= 0.6 is 0 Å². The van der Waals surface area contributed by atoms with E-state index < -0.39 is 0 Å². The average Bonchev–Trinajstić information content (AvgIpc) is 2.57. The molecule has 0 amide bonds. The van der Waals surface area contributed by atoms with Crippen LogP contribution in [0.1, 0.15) is 52.9 Å². The molecule has 1 aromatic heterocycles. The lowest BCUT2D eigenvalue weighted by molar-refractivity contribution is 0.425. The molecule has 0 spiro atoms. The average molecular weight is 230 g/mol. The molecule has 2 aromatic rings. The zero-order chi connectivity index (χ0) is 12.8. The maximum atomic E-state index is 6.09. The van der Waals surface area contributed by atoms with Gasteiger partial charge in [0.05, 0.1) is 0 Å². The lowest BCUT2D eigenvalue weighted by atomic mass is 9.86. The van der Waals surface area contributed by atoms with Crippen LogP contribution in [-0.2, 0) is 10.8 Å². The van der Waals surface area contributed by atoms with Crippen molar-refractivity contribution in [2.45, 2.75) is 52.4 Å². The third-order valence-electron chi connectivity index (χ3n) is 3.09. The third kappa shape index (κ3) is 2.24. The highest BCUT2D eigenvalue weighted by Crippen LogP contribution is 2.35. The summed E-state index contributed by atoms with van der Waals surface area (Å²) < 4.78 is 6.09. The van der Waals surface area contributed by atoms with E-state index in [1.165, 1.54) is 10.9 Å². The molecule has 0 fully saturated rings. The van der Waals surface area contributed by atoms with E-state index in [-0.39, 0.29) is 10.8 Å². The van der Waals surface area contributed by atoms with E-state index in [4.69, 9.17) is 4.42 Å². The predicted octanol–water partition coefficient (Wildman–Crippen LogP) is 5.03. The summed E-state index contributed by atoms with van der Waals surface area (Å²) in [6.45, 7) is 13.2. The molecule has 0 N–H and O–H groups in total. The standard InChI is InChI=1S/C16H22O/c1-15(2,3)12-9-7-8-11-10-13(16(4,5)6)17-14(11)12/h7-10H,1-6H3. The Kier molecular flexibility index (Phi) is 2.61. The van der Waals surface area contributed by atoms with E-state index in [0.29, 0.717) is 0 Å². The maximum Gasteiger partial charge on any atom is 0.138 e. The smallest absolute Gasteiger partial charge is 0.138 e. The van der Waals surface area contributed by atoms with E-state index in [1.807, 2.05) is 0 Å². The molecule has 0 bridgehead atoms. The molecule has 0 atom stereocenters. The highest BCUT2D eigenvalue weighted by atomic mass is 16.3. The molecule has 2 rings (SSSR count). The van der Waals surface area contributed by atoms with Crippen LogP contribution in [0.2, 0.25) is 0 Å². The lowest BCUT2D eigenvalue weighted by Gasteiger charge is -2.19. The van der Waals surface area contributed by atoms with Crippen molar-refractivity contribution < 1.29 is 4.42 Å². The van der Waals surface area contributed by atoms with Gasteiger partial charge in [-0.1, -0.05) is 59.7 Å². The molecule has 0 aliphatic heterocycles. The van der Waals surface area contributed by atoms with Gasteiger partial charge in [-0.25, -0.2) is 0 Å². The molecular weight excluding hydrogens is 208 g/mol. The Bertz CT molecular complexity index is 533. The lowest BCUT2D eigenvalue weighted by Crippen LogP contribution is -2.11. The van der Waals surface area contributed by atoms with E-state index in [9.17, 15) is 0 Å². The minimum absolute atomic E-state index is 0.0637. The van der Waals surface area contributed by atoms with Crippen molar-refractivity contribution >= 4 is 11.0 Å². The second-order valence-electron chi connectivity index (χ2n) is 6.83. The zero-order valence-electron chi connectivity index (χ0n) is 11.7. The fourth-order valence-corrected chi connectivity index (χ4v) is 2.02. The normalized spacial score (nSPS) is 13.3. The number of hydrogen-bond acceptors (Lipinski definition) is 1.